The molecule has 0 spiro atoms. The van der Waals surface area contributed by atoms with Crippen LogP contribution in [0.25, 0.3) is 11.3 Å². The van der Waals surface area contributed by atoms with E-state index in [0.29, 0.717) is 6.04 Å². The first-order valence-corrected chi connectivity index (χ1v) is 7.88. The van der Waals surface area contributed by atoms with E-state index < -0.39 is 0 Å². The third-order valence-corrected chi connectivity index (χ3v) is 4.04. The Morgan fingerprint density at radius 1 is 1.24 bits per heavy atom. The number of nitrogens with one attached hydrogen (secondary N) is 1. The third kappa shape index (κ3) is 3.31. The van der Waals surface area contributed by atoms with Crippen molar-refractivity contribution in [2.24, 2.45) is 0 Å². The van der Waals surface area contributed by atoms with E-state index in [-0.39, 0.29) is 0 Å². The Hall–Kier alpha value is -2.14. The molecule has 3 rings (SSSR count). The number of anilines is 1. The Morgan fingerprint density at radius 2 is 2.05 bits per heavy atom. The Labute approximate surface area is 128 Å². The van der Waals surface area contributed by atoms with Gasteiger partial charge in [-0.1, -0.05) is 30.3 Å². The van der Waals surface area contributed by atoms with Gasteiger partial charge in [-0.3, -0.25) is 4.68 Å². The molecule has 21 heavy (non-hydrogen) atoms. The van der Waals surface area contributed by atoms with Crippen LogP contribution in [0.5, 0.6) is 0 Å². The molecule has 0 aliphatic carbocycles. The summed E-state index contributed by atoms with van der Waals surface area (Å²) in [6.45, 7) is 4.95. The van der Waals surface area contributed by atoms with Gasteiger partial charge in [-0.25, -0.2) is 4.98 Å². The zero-order valence-electron chi connectivity index (χ0n) is 12.2. The van der Waals surface area contributed by atoms with Gasteiger partial charge in [0.2, 0.25) is 0 Å². The second-order valence-corrected chi connectivity index (χ2v) is 6.09. The average Bonchev–Trinajstić information content (AvgIpc) is 3.15. The summed E-state index contributed by atoms with van der Waals surface area (Å²) in [7, 11) is 0. The van der Waals surface area contributed by atoms with Gasteiger partial charge in [-0.15, -0.1) is 11.3 Å². The lowest BCUT2D eigenvalue weighted by atomic mass is 10.2. The van der Waals surface area contributed by atoms with E-state index in [2.05, 4.69) is 46.8 Å². The molecule has 1 aromatic carbocycles. The van der Waals surface area contributed by atoms with Gasteiger partial charge in [0.05, 0.1) is 24.1 Å². The molecule has 0 unspecified atom stereocenters. The monoisotopic (exact) mass is 298 g/mol. The van der Waals surface area contributed by atoms with Gasteiger partial charge < -0.3 is 5.32 Å². The van der Waals surface area contributed by atoms with Gasteiger partial charge in [-0.2, -0.15) is 5.10 Å². The molecule has 3 aromatic rings. The molecule has 0 aliphatic rings. The van der Waals surface area contributed by atoms with Gasteiger partial charge in [0.15, 0.2) is 0 Å². The molecule has 0 saturated carbocycles. The van der Waals surface area contributed by atoms with Crippen LogP contribution >= 0.6 is 11.3 Å². The molecule has 0 fully saturated rings. The second kappa shape index (κ2) is 6.10. The number of nitrogens with zero attached hydrogens (tertiary/aromatic N) is 3. The molecule has 0 radical (unpaired) electrons. The summed E-state index contributed by atoms with van der Waals surface area (Å²) >= 11 is 1.68. The highest BCUT2D eigenvalue weighted by Crippen LogP contribution is 2.22. The van der Waals surface area contributed by atoms with E-state index in [1.54, 1.807) is 11.3 Å². The minimum atomic E-state index is 0.380. The van der Waals surface area contributed by atoms with Crippen molar-refractivity contribution < 1.29 is 0 Å². The molecule has 5 heteroatoms. The van der Waals surface area contributed by atoms with E-state index in [0.717, 1.165) is 28.5 Å². The maximum Gasteiger partial charge on any atom is 0.112 e. The SMILES string of the molecule is CC(C)n1cc(NCc2nc(-c3ccccc3)cs2)cn1. The van der Waals surface area contributed by atoms with Crippen molar-refractivity contribution in [3.05, 3.63) is 53.1 Å². The quantitative estimate of drug-likeness (QED) is 0.767. The molecule has 0 atom stereocenters. The third-order valence-electron chi connectivity index (χ3n) is 3.20. The fourth-order valence-corrected chi connectivity index (χ4v) is 2.77. The molecule has 0 saturated heterocycles. The summed E-state index contributed by atoms with van der Waals surface area (Å²) < 4.78 is 1.94. The summed E-state index contributed by atoms with van der Waals surface area (Å²) in [6, 6.07) is 10.6. The number of aromatic nitrogens is 3. The number of hydrogen-bond acceptors (Lipinski definition) is 4. The van der Waals surface area contributed by atoms with E-state index >= 15 is 0 Å². The zero-order chi connectivity index (χ0) is 14.7. The van der Waals surface area contributed by atoms with Crippen molar-refractivity contribution in [2.45, 2.75) is 26.4 Å². The van der Waals surface area contributed by atoms with Gasteiger partial charge in [0, 0.05) is 23.2 Å². The van der Waals surface area contributed by atoms with Crippen LogP contribution in [0.15, 0.2) is 48.1 Å². The van der Waals surface area contributed by atoms with Crippen molar-refractivity contribution in [1.82, 2.24) is 14.8 Å². The van der Waals surface area contributed by atoms with Crippen LogP contribution in [0.2, 0.25) is 0 Å². The van der Waals surface area contributed by atoms with Crippen LogP contribution < -0.4 is 5.32 Å². The van der Waals surface area contributed by atoms with Crippen molar-refractivity contribution in [3.8, 4) is 11.3 Å². The highest BCUT2D eigenvalue weighted by Gasteiger charge is 2.05. The lowest BCUT2D eigenvalue weighted by Crippen LogP contribution is -2.01. The predicted molar refractivity (Wildman–Crippen MR) is 87.5 cm³/mol. The fourth-order valence-electron chi connectivity index (χ4n) is 2.02. The number of rotatable bonds is 5. The van der Waals surface area contributed by atoms with Gasteiger partial charge >= 0.3 is 0 Å². The Kier molecular flexibility index (Phi) is 4.01. The van der Waals surface area contributed by atoms with Crippen LogP contribution in [-0.4, -0.2) is 14.8 Å². The second-order valence-electron chi connectivity index (χ2n) is 5.15. The van der Waals surface area contributed by atoms with Crippen LogP contribution in [0.1, 0.15) is 24.9 Å². The summed E-state index contributed by atoms with van der Waals surface area (Å²) in [5, 5.41) is 10.9. The molecule has 0 aliphatic heterocycles. The van der Waals surface area contributed by atoms with Gasteiger partial charge in [0.1, 0.15) is 5.01 Å². The molecular formula is C16H18N4S. The van der Waals surface area contributed by atoms with Crippen molar-refractivity contribution in [2.75, 3.05) is 5.32 Å². The largest absolute Gasteiger partial charge is 0.376 e. The Balaban J connectivity index is 1.65. The standard InChI is InChI=1S/C16H18N4S/c1-12(2)20-10-14(8-18-20)17-9-16-19-15(11-21-16)13-6-4-3-5-7-13/h3-8,10-12,17H,9H2,1-2H3. The van der Waals surface area contributed by atoms with Crippen molar-refractivity contribution in [1.29, 1.82) is 0 Å². The smallest absolute Gasteiger partial charge is 0.112 e. The molecule has 0 bridgehead atoms. The number of hydrogen-bond donors (Lipinski definition) is 1. The summed E-state index contributed by atoms with van der Waals surface area (Å²) in [5.41, 5.74) is 3.23. The van der Waals surface area contributed by atoms with Gasteiger partial charge in [-0.05, 0) is 13.8 Å². The average molecular weight is 298 g/mol. The summed E-state index contributed by atoms with van der Waals surface area (Å²) in [4.78, 5) is 4.67. The van der Waals surface area contributed by atoms with Crippen LogP contribution in [-0.2, 0) is 6.54 Å². The van der Waals surface area contributed by atoms with Crippen LogP contribution in [0.3, 0.4) is 0 Å². The predicted octanol–water partition coefficient (Wildman–Crippen LogP) is 4.20. The minimum Gasteiger partial charge on any atom is -0.376 e. The zero-order valence-corrected chi connectivity index (χ0v) is 13.0. The molecule has 2 heterocycles. The first kappa shape index (κ1) is 13.8. The first-order chi connectivity index (χ1) is 10.2. The van der Waals surface area contributed by atoms with E-state index in [4.69, 9.17) is 0 Å². The van der Waals surface area contributed by atoms with Crippen LogP contribution in [0, 0.1) is 0 Å². The molecule has 2 aromatic heterocycles. The molecule has 108 valence electrons. The maximum absolute atomic E-state index is 4.67. The maximum atomic E-state index is 4.67. The number of thiazole rings is 1. The minimum absolute atomic E-state index is 0.380. The van der Waals surface area contributed by atoms with E-state index in [9.17, 15) is 0 Å². The van der Waals surface area contributed by atoms with Crippen LogP contribution in [0.4, 0.5) is 5.69 Å². The molecule has 0 amide bonds. The lowest BCUT2D eigenvalue weighted by molar-refractivity contribution is 0.532. The lowest BCUT2D eigenvalue weighted by Gasteiger charge is -2.03. The number of benzene rings is 1. The molecule has 1 N–H and O–H groups in total. The van der Waals surface area contributed by atoms with Crippen molar-refractivity contribution >= 4 is 17.0 Å². The fraction of sp³-hybridized carbons (Fsp3) is 0.250. The first-order valence-electron chi connectivity index (χ1n) is 7.00. The highest BCUT2D eigenvalue weighted by molar-refractivity contribution is 7.09. The molecular weight excluding hydrogens is 280 g/mol. The van der Waals surface area contributed by atoms with Gasteiger partial charge in [0.25, 0.3) is 0 Å². The summed E-state index contributed by atoms with van der Waals surface area (Å²) in [6.07, 6.45) is 3.88. The Morgan fingerprint density at radius 3 is 2.76 bits per heavy atom. The van der Waals surface area contributed by atoms with E-state index in [1.807, 2.05) is 35.3 Å². The normalized spacial score (nSPS) is 11.0. The molecule has 4 nitrogen and oxygen atoms in total. The topological polar surface area (TPSA) is 42.7 Å². The Bertz CT molecular complexity index is 700. The summed E-state index contributed by atoms with van der Waals surface area (Å²) in [5.74, 6) is 0. The van der Waals surface area contributed by atoms with Crippen molar-refractivity contribution in [3.63, 3.8) is 0 Å². The van der Waals surface area contributed by atoms with E-state index in [1.165, 1.54) is 0 Å². The highest BCUT2D eigenvalue weighted by atomic mass is 32.1.